The molecule has 0 aromatic carbocycles. The Balaban J connectivity index is 4.61. The van der Waals surface area contributed by atoms with Gasteiger partial charge in [0.05, 0.1) is 6.61 Å². The number of hydrogen-bond donors (Lipinski definition) is 8. The molecule has 0 rings (SSSR count). The first-order valence-electron chi connectivity index (χ1n) is 4.19. The lowest BCUT2D eigenvalue weighted by Gasteiger charge is -2.28. The zero-order chi connectivity index (χ0) is 13.1. The Morgan fingerprint density at radius 3 is 1.62 bits per heavy atom. The molecule has 0 radical (unpaired) electrons. The number of hydrogen-bond acceptors (Lipinski definition) is 7. The second kappa shape index (κ2) is 6.01. The third kappa shape index (κ3) is 4.06. The highest BCUT2D eigenvalue weighted by Crippen LogP contribution is 2.42. The van der Waals surface area contributed by atoms with E-state index in [9.17, 15) is 4.57 Å². The van der Waals surface area contributed by atoms with E-state index in [0.29, 0.717) is 0 Å². The minimum absolute atomic E-state index is 0.934. The van der Waals surface area contributed by atoms with E-state index in [2.05, 4.69) is 0 Å². The van der Waals surface area contributed by atoms with Gasteiger partial charge in [-0.25, -0.2) is 0 Å². The predicted octanol–water partition coefficient (Wildman–Crippen LogP) is -4.08. The predicted molar refractivity (Wildman–Crippen MR) is 49.2 cm³/mol. The smallest absolute Gasteiger partial charge is 0.356 e. The molecule has 0 aliphatic heterocycles. The Kier molecular flexibility index (Phi) is 5.98. The third-order valence-corrected chi connectivity index (χ3v) is 2.93. The van der Waals surface area contributed by atoms with Crippen molar-refractivity contribution in [3.8, 4) is 0 Å². The summed E-state index contributed by atoms with van der Waals surface area (Å²) in [6.07, 6.45) is -8.45. The molecule has 0 aliphatic carbocycles. The summed E-state index contributed by atoms with van der Waals surface area (Å²) in [5, 5.41) is 53.5. The minimum Gasteiger partial charge on any atom is -0.394 e. The molecule has 0 saturated heterocycles. The second-order valence-electron chi connectivity index (χ2n) is 3.22. The van der Waals surface area contributed by atoms with E-state index in [0.717, 1.165) is 0 Å². The van der Waals surface area contributed by atoms with Gasteiger partial charge in [0.25, 0.3) is 0 Å². The van der Waals surface area contributed by atoms with Gasteiger partial charge in [-0.15, -0.1) is 0 Å². The number of aliphatic hydroxyl groups is 6. The molecule has 98 valence electrons. The lowest BCUT2D eigenvalue weighted by Crippen LogP contribution is -2.49. The molecule has 0 bridgehead atoms. The van der Waals surface area contributed by atoms with Crippen LogP contribution in [-0.2, 0) is 4.57 Å². The Bertz CT molecular complexity index is 252. The first kappa shape index (κ1) is 15.9. The monoisotopic (exact) mass is 262 g/mol. The number of rotatable bonds is 6. The van der Waals surface area contributed by atoms with Crippen molar-refractivity contribution in [2.75, 3.05) is 6.61 Å². The van der Waals surface area contributed by atoms with Gasteiger partial charge in [-0.1, -0.05) is 0 Å². The van der Waals surface area contributed by atoms with Gasteiger partial charge in [0, 0.05) is 0 Å². The van der Waals surface area contributed by atoms with Crippen LogP contribution in [0.4, 0.5) is 0 Å². The molecule has 0 heterocycles. The molecular weight excluding hydrogens is 247 g/mol. The van der Waals surface area contributed by atoms with Gasteiger partial charge in [-0.3, -0.25) is 4.57 Å². The largest absolute Gasteiger partial charge is 0.394 e. The molecule has 0 aliphatic rings. The quantitative estimate of drug-likeness (QED) is 0.221. The van der Waals surface area contributed by atoms with Crippen molar-refractivity contribution in [2.24, 2.45) is 0 Å². The van der Waals surface area contributed by atoms with E-state index >= 15 is 0 Å². The maximum absolute atomic E-state index is 10.5. The molecule has 0 amide bonds. The van der Waals surface area contributed by atoms with Gasteiger partial charge in [0.15, 0.2) is 5.85 Å². The fourth-order valence-corrected chi connectivity index (χ4v) is 1.49. The molecule has 16 heavy (non-hydrogen) atoms. The Morgan fingerprint density at radius 2 is 1.31 bits per heavy atom. The van der Waals surface area contributed by atoms with Crippen LogP contribution in [-0.4, -0.2) is 77.3 Å². The Labute approximate surface area is 90.4 Å². The summed E-state index contributed by atoms with van der Waals surface area (Å²) in [5.74, 6) is -2.59. The maximum Gasteiger partial charge on any atom is 0.356 e. The van der Waals surface area contributed by atoms with Gasteiger partial charge in [-0.2, -0.15) is 0 Å². The molecule has 9 nitrogen and oxygen atoms in total. The van der Waals surface area contributed by atoms with Crippen LogP contribution in [0.2, 0.25) is 0 Å². The molecule has 1 unspecified atom stereocenters. The Morgan fingerprint density at radius 1 is 0.875 bits per heavy atom. The van der Waals surface area contributed by atoms with Crippen LogP contribution < -0.4 is 0 Å². The minimum atomic E-state index is -5.05. The molecule has 8 N–H and O–H groups in total. The van der Waals surface area contributed by atoms with Crippen LogP contribution in [0.15, 0.2) is 0 Å². The average Bonchev–Trinajstić information content (AvgIpc) is 2.22. The van der Waals surface area contributed by atoms with Crippen molar-refractivity contribution >= 4 is 7.60 Å². The van der Waals surface area contributed by atoms with Crippen molar-refractivity contribution in [2.45, 2.75) is 30.3 Å². The van der Waals surface area contributed by atoms with E-state index in [1.807, 2.05) is 0 Å². The van der Waals surface area contributed by atoms with Crippen LogP contribution in [0.3, 0.4) is 0 Å². The molecule has 0 aromatic heterocycles. The summed E-state index contributed by atoms with van der Waals surface area (Å²) in [6, 6.07) is 0. The van der Waals surface area contributed by atoms with Crippen LogP contribution in [0.25, 0.3) is 0 Å². The van der Waals surface area contributed by atoms with E-state index in [1.165, 1.54) is 0 Å². The molecule has 5 atom stereocenters. The van der Waals surface area contributed by atoms with Gasteiger partial charge < -0.3 is 40.4 Å². The summed E-state index contributed by atoms with van der Waals surface area (Å²) in [4.78, 5) is 17.0. The average molecular weight is 262 g/mol. The SMILES string of the molecule is O=P(O)(O)C(O)[C@@H](O)[C@@H](O)[C@H](O)[C@H](O)CO. The highest BCUT2D eigenvalue weighted by atomic mass is 31.2. The summed E-state index contributed by atoms with van der Waals surface area (Å²) in [7, 11) is -5.05. The summed E-state index contributed by atoms with van der Waals surface area (Å²) in [5.41, 5.74) is 0. The van der Waals surface area contributed by atoms with Gasteiger partial charge in [-0.05, 0) is 0 Å². The van der Waals surface area contributed by atoms with Crippen molar-refractivity contribution in [1.82, 2.24) is 0 Å². The molecular formula is C6H15O9P. The lowest BCUT2D eigenvalue weighted by atomic mass is 10.0. The second-order valence-corrected chi connectivity index (χ2v) is 4.93. The summed E-state index contributed by atoms with van der Waals surface area (Å²) in [6.45, 7) is -0.934. The van der Waals surface area contributed by atoms with Crippen molar-refractivity contribution in [3.05, 3.63) is 0 Å². The highest BCUT2D eigenvalue weighted by molar-refractivity contribution is 7.52. The first-order valence-corrected chi connectivity index (χ1v) is 5.87. The summed E-state index contributed by atoms with van der Waals surface area (Å²) >= 11 is 0. The summed E-state index contributed by atoms with van der Waals surface area (Å²) < 4.78 is 10.5. The lowest BCUT2D eigenvalue weighted by molar-refractivity contribution is -0.131. The van der Waals surface area contributed by atoms with Crippen LogP contribution in [0, 0.1) is 0 Å². The van der Waals surface area contributed by atoms with E-state index in [4.69, 9.17) is 40.4 Å². The van der Waals surface area contributed by atoms with Crippen molar-refractivity contribution in [3.63, 3.8) is 0 Å². The fourth-order valence-electron chi connectivity index (χ4n) is 0.913. The number of aliphatic hydroxyl groups excluding tert-OH is 6. The van der Waals surface area contributed by atoms with E-state index in [1.54, 1.807) is 0 Å². The van der Waals surface area contributed by atoms with Crippen LogP contribution in [0.5, 0.6) is 0 Å². The maximum atomic E-state index is 10.5. The zero-order valence-corrected chi connectivity index (χ0v) is 8.92. The topological polar surface area (TPSA) is 179 Å². The highest BCUT2D eigenvalue weighted by Gasteiger charge is 2.41. The molecule has 0 spiro atoms. The van der Waals surface area contributed by atoms with E-state index < -0.39 is 44.5 Å². The Hall–Kier alpha value is -0.0900. The van der Waals surface area contributed by atoms with Crippen LogP contribution >= 0.6 is 7.60 Å². The molecule has 0 fully saturated rings. The normalized spacial score (nSPS) is 22.2. The molecule has 0 aromatic rings. The van der Waals surface area contributed by atoms with Gasteiger partial charge in [0.2, 0.25) is 0 Å². The molecule has 0 saturated carbocycles. The van der Waals surface area contributed by atoms with Crippen molar-refractivity contribution < 1.29 is 45.0 Å². The molecule has 10 heteroatoms. The van der Waals surface area contributed by atoms with Gasteiger partial charge >= 0.3 is 7.60 Å². The zero-order valence-electron chi connectivity index (χ0n) is 8.03. The van der Waals surface area contributed by atoms with Crippen molar-refractivity contribution in [1.29, 1.82) is 0 Å². The van der Waals surface area contributed by atoms with E-state index in [-0.39, 0.29) is 0 Å². The van der Waals surface area contributed by atoms with Crippen LogP contribution in [0.1, 0.15) is 0 Å². The standard InChI is InChI=1S/C6H15O9P/c7-1-2(8)3(9)4(10)5(11)6(12)16(13,14)15/h2-12H,1H2,(H2,13,14,15)/t2-,3-,4+,5+,6?/m1/s1. The fraction of sp³-hybridized carbons (Fsp3) is 1.00. The van der Waals surface area contributed by atoms with Gasteiger partial charge in [0.1, 0.15) is 24.4 Å². The third-order valence-electron chi connectivity index (χ3n) is 1.93. The first-order chi connectivity index (χ1) is 7.12.